The van der Waals surface area contributed by atoms with E-state index in [9.17, 15) is 22.8 Å². The second-order valence-electron chi connectivity index (χ2n) is 8.52. The van der Waals surface area contributed by atoms with Crippen molar-refractivity contribution < 1.29 is 32.3 Å². The molecule has 0 spiro atoms. The minimum atomic E-state index is -5.08. The largest absolute Gasteiger partial charge is 0.490 e. The average Bonchev–Trinajstić information content (AvgIpc) is 3.40. The molecule has 3 heterocycles. The molecule has 0 radical (unpaired) electrons. The number of benzene rings is 1. The van der Waals surface area contributed by atoms with Crippen LogP contribution < -0.4 is 11.1 Å². The van der Waals surface area contributed by atoms with Gasteiger partial charge in [0.25, 0.3) is 0 Å². The molecule has 1 atom stereocenters. The number of aliphatic carboxylic acids is 1. The maximum Gasteiger partial charge on any atom is 0.490 e. The Balaban J connectivity index is 0.000000383. The van der Waals surface area contributed by atoms with Crippen LogP contribution in [0.15, 0.2) is 27.4 Å². The van der Waals surface area contributed by atoms with Gasteiger partial charge in [0.1, 0.15) is 0 Å². The number of piperidine rings is 1. The molecule has 8 nitrogen and oxygen atoms in total. The van der Waals surface area contributed by atoms with Gasteiger partial charge in [0.2, 0.25) is 5.91 Å². The van der Waals surface area contributed by atoms with Crippen molar-refractivity contribution in [3.63, 3.8) is 0 Å². The normalized spacial score (nSPS) is 19.4. The quantitative estimate of drug-likeness (QED) is 0.617. The number of alkyl halides is 3. The summed E-state index contributed by atoms with van der Waals surface area (Å²) in [5.74, 6) is -2.29. The van der Waals surface area contributed by atoms with Crippen molar-refractivity contribution >= 4 is 23.0 Å². The van der Waals surface area contributed by atoms with Gasteiger partial charge in [0, 0.05) is 19.1 Å². The fourth-order valence-corrected chi connectivity index (χ4v) is 4.31. The van der Waals surface area contributed by atoms with Crippen LogP contribution in [-0.4, -0.2) is 58.7 Å². The van der Waals surface area contributed by atoms with Crippen molar-refractivity contribution in [2.45, 2.75) is 57.2 Å². The molecule has 2 aromatic rings. The van der Waals surface area contributed by atoms with Gasteiger partial charge in [-0.25, -0.2) is 9.59 Å². The van der Waals surface area contributed by atoms with Crippen LogP contribution in [0.4, 0.5) is 13.2 Å². The van der Waals surface area contributed by atoms with Gasteiger partial charge in [-0.3, -0.25) is 9.78 Å². The van der Waals surface area contributed by atoms with E-state index in [0.29, 0.717) is 17.5 Å². The molecule has 33 heavy (non-hydrogen) atoms. The number of hydrogen-bond acceptors (Lipinski definition) is 5. The molecule has 0 saturated carbocycles. The molecule has 0 aliphatic carbocycles. The summed E-state index contributed by atoms with van der Waals surface area (Å²) in [5.41, 5.74) is 2.09. The van der Waals surface area contributed by atoms with E-state index in [0.717, 1.165) is 43.5 Å². The predicted molar refractivity (Wildman–Crippen MR) is 114 cm³/mol. The van der Waals surface area contributed by atoms with Crippen LogP contribution >= 0.6 is 0 Å². The van der Waals surface area contributed by atoms with Gasteiger partial charge in [0.05, 0.1) is 11.9 Å². The smallest absolute Gasteiger partial charge is 0.475 e. The zero-order valence-electron chi connectivity index (χ0n) is 18.1. The number of rotatable bonds is 5. The molecule has 2 saturated heterocycles. The Bertz CT molecular complexity index is 1000. The highest BCUT2D eigenvalue weighted by Crippen LogP contribution is 2.25. The lowest BCUT2D eigenvalue weighted by Crippen LogP contribution is -2.39. The summed E-state index contributed by atoms with van der Waals surface area (Å²) in [6.07, 6.45) is 2.73. The number of fused-ring (bicyclic) bond motifs is 1. The molecule has 2 fully saturated rings. The summed E-state index contributed by atoms with van der Waals surface area (Å²) in [6, 6.07) is 6.16. The van der Waals surface area contributed by atoms with Gasteiger partial charge in [-0.1, -0.05) is 6.07 Å². The number of carboxylic acids is 1. The lowest BCUT2D eigenvalue weighted by molar-refractivity contribution is -0.192. The zero-order valence-corrected chi connectivity index (χ0v) is 18.1. The Morgan fingerprint density at radius 2 is 1.85 bits per heavy atom. The number of oxazole rings is 1. The number of likely N-dealkylation sites (tertiary alicyclic amines) is 1. The summed E-state index contributed by atoms with van der Waals surface area (Å²) < 4.78 is 36.7. The van der Waals surface area contributed by atoms with Crippen LogP contribution in [0.1, 0.15) is 44.1 Å². The van der Waals surface area contributed by atoms with E-state index in [1.165, 1.54) is 32.2 Å². The number of carbonyl (C=O) groups excluding carboxylic acids is 1. The van der Waals surface area contributed by atoms with Crippen LogP contribution in [-0.2, 0) is 16.0 Å². The Kier molecular flexibility index (Phi) is 8.17. The summed E-state index contributed by atoms with van der Waals surface area (Å²) >= 11 is 0. The average molecular weight is 471 g/mol. The number of nitrogens with zero attached hydrogens (tertiary/aromatic N) is 1. The van der Waals surface area contributed by atoms with Crippen molar-refractivity contribution in [1.82, 2.24) is 15.2 Å². The van der Waals surface area contributed by atoms with Crippen molar-refractivity contribution in [1.29, 1.82) is 0 Å². The Labute approximate surface area is 188 Å². The third kappa shape index (κ3) is 7.34. The molecule has 182 valence electrons. The highest BCUT2D eigenvalue weighted by Gasteiger charge is 2.38. The standard InChI is InChI=1S/C20H27N3O3.C2HF3O2/c24-19(13-15-4-6-18-17(12-15)22-20(25)26-18)23-10-7-14(8-11-23)3-5-16-2-1-9-21-16;3-2(4,5)1(6)7/h4,6,12,14,16,21H,1-3,5,7-11,13H2,(H,22,25);(H,6,7)/t16-;/m0./s1. The summed E-state index contributed by atoms with van der Waals surface area (Å²) in [7, 11) is 0. The van der Waals surface area contributed by atoms with Gasteiger partial charge in [0.15, 0.2) is 5.58 Å². The zero-order chi connectivity index (χ0) is 24.0. The fraction of sp³-hybridized carbons (Fsp3) is 0.591. The topological polar surface area (TPSA) is 116 Å². The van der Waals surface area contributed by atoms with E-state index >= 15 is 0 Å². The molecular weight excluding hydrogens is 443 g/mol. The Hall–Kier alpha value is -2.82. The first-order chi connectivity index (χ1) is 15.6. The summed E-state index contributed by atoms with van der Waals surface area (Å²) in [4.78, 5) is 37.4. The van der Waals surface area contributed by atoms with E-state index in [2.05, 4.69) is 10.3 Å². The number of aromatic amines is 1. The van der Waals surface area contributed by atoms with Gasteiger partial charge in [-0.15, -0.1) is 0 Å². The summed E-state index contributed by atoms with van der Waals surface area (Å²) in [5, 5.41) is 10.7. The van der Waals surface area contributed by atoms with Crippen molar-refractivity contribution in [3.05, 3.63) is 34.3 Å². The van der Waals surface area contributed by atoms with E-state index in [1.54, 1.807) is 6.07 Å². The minimum absolute atomic E-state index is 0.172. The Morgan fingerprint density at radius 1 is 1.15 bits per heavy atom. The van der Waals surface area contributed by atoms with Gasteiger partial charge < -0.3 is 19.7 Å². The highest BCUT2D eigenvalue weighted by atomic mass is 19.4. The molecule has 0 unspecified atom stereocenters. The monoisotopic (exact) mass is 471 g/mol. The van der Waals surface area contributed by atoms with Crippen LogP contribution in [0, 0.1) is 5.92 Å². The number of aromatic nitrogens is 1. The van der Waals surface area contributed by atoms with E-state index < -0.39 is 17.9 Å². The second kappa shape index (κ2) is 10.9. The van der Waals surface area contributed by atoms with E-state index in [1.807, 2.05) is 17.0 Å². The van der Waals surface area contributed by atoms with Crippen LogP contribution in [0.25, 0.3) is 11.1 Å². The van der Waals surface area contributed by atoms with Crippen LogP contribution in [0.2, 0.25) is 0 Å². The van der Waals surface area contributed by atoms with Crippen molar-refractivity contribution in [3.8, 4) is 0 Å². The molecule has 1 amide bonds. The minimum Gasteiger partial charge on any atom is -0.475 e. The maximum atomic E-state index is 12.6. The molecule has 2 aliphatic heterocycles. The molecule has 2 aliphatic rings. The molecule has 11 heteroatoms. The van der Waals surface area contributed by atoms with Gasteiger partial charge in [-0.05, 0) is 68.7 Å². The molecule has 1 aromatic carbocycles. The van der Waals surface area contributed by atoms with Gasteiger partial charge >= 0.3 is 17.9 Å². The lowest BCUT2D eigenvalue weighted by Gasteiger charge is -2.32. The first-order valence-electron chi connectivity index (χ1n) is 11.0. The maximum absolute atomic E-state index is 12.6. The third-order valence-corrected chi connectivity index (χ3v) is 6.13. The predicted octanol–water partition coefficient (Wildman–Crippen LogP) is 3.07. The fourth-order valence-electron chi connectivity index (χ4n) is 4.31. The number of nitrogens with one attached hydrogen (secondary N) is 2. The first-order valence-corrected chi connectivity index (χ1v) is 11.0. The Morgan fingerprint density at radius 3 is 2.45 bits per heavy atom. The number of carboxylic acid groups (broad SMARTS) is 1. The lowest BCUT2D eigenvalue weighted by atomic mass is 9.90. The molecule has 0 bridgehead atoms. The van der Waals surface area contributed by atoms with E-state index in [4.69, 9.17) is 14.3 Å². The number of H-pyrrole nitrogens is 1. The van der Waals surface area contributed by atoms with Crippen LogP contribution in [0.5, 0.6) is 0 Å². The molecule has 4 rings (SSSR count). The number of hydrogen-bond donors (Lipinski definition) is 3. The van der Waals surface area contributed by atoms with Crippen molar-refractivity contribution in [2.24, 2.45) is 5.92 Å². The summed E-state index contributed by atoms with van der Waals surface area (Å²) in [6.45, 7) is 2.91. The third-order valence-electron chi connectivity index (χ3n) is 6.13. The number of amides is 1. The molecule has 3 N–H and O–H groups in total. The number of halogens is 3. The van der Waals surface area contributed by atoms with Crippen molar-refractivity contribution in [2.75, 3.05) is 19.6 Å². The van der Waals surface area contributed by atoms with Gasteiger partial charge in [-0.2, -0.15) is 13.2 Å². The second-order valence-corrected chi connectivity index (χ2v) is 8.52. The molecular formula is C22H28F3N3O5. The molecule has 1 aromatic heterocycles. The number of carbonyl (C=O) groups is 2. The van der Waals surface area contributed by atoms with Crippen LogP contribution in [0.3, 0.4) is 0 Å². The highest BCUT2D eigenvalue weighted by molar-refractivity contribution is 5.81. The van der Waals surface area contributed by atoms with E-state index in [-0.39, 0.29) is 5.91 Å². The SMILES string of the molecule is O=C(Cc1ccc2oc(=O)[nH]c2c1)N1CCC(CC[C@@H]2CCCN2)CC1.O=C(O)C(F)(F)F. The first kappa shape index (κ1) is 24.8.